The van der Waals surface area contributed by atoms with Gasteiger partial charge in [-0.15, -0.1) is 0 Å². The molecule has 0 aliphatic heterocycles. The SMILES string of the molecule is O=C(NCCCO)NCCOCc1ccccc1. The predicted molar refractivity (Wildman–Crippen MR) is 69.2 cm³/mol. The molecular weight excluding hydrogens is 232 g/mol. The lowest BCUT2D eigenvalue weighted by atomic mass is 10.2. The van der Waals surface area contributed by atoms with Gasteiger partial charge in [0.1, 0.15) is 0 Å². The van der Waals surface area contributed by atoms with E-state index >= 15 is 0 Å². The molecule has 0 aliphatic carbocycles. The van der Waals surface area contributed by atoms with Gasteiger partial charge in [-0.3, -0.25) is 0 Å². The second kappa shape index (κ2) is 9.44. The number of hydrogen-bond acceptors (Lipinski definition) is 3. The summed E-state index contributed by atoms with van der Waals surface area (Å²) in [4.78, 5) is 11.2. The summed E-state index contributed by atoms with van der Waals surface area (Å²) in [6.07, 6.45) is 0.567. The first-order chi connectivity index (χ1) is 8.83. The Bertz CT molecular complexity index is 330. The van der Waals surface area contributed by atoms with Gasteiger partial charge >= 0.3 is 6.03 Å². The summed E-state index contributed by atoms with van der Waals surface area (Å²) in [5, 5.41) is 13.8. The number of aliphatic hydroxyl groups is 1. The van der Waals surface area contributed by atoms with Crippen molar-refractivity contribution in [2.24, 2.45) is 0 Å². The van der Waals surface area contributed by atoms with Crippen molar-refractivity contribution in [1.82, 2.24) is 10.6 Å². The van der Waals surface area contributed by atoms with Gasteiger partial charge in [0.15, 0.2) is 0 Å². The lowest BCUT2D eigenvalue weighted by molar-refractivity contribution is 0.123. The summed E-state index contributed by atoms with van der Waals surface area (Å²) in [6.45, 7) is 2.06. The number of hydrogen-bond donors (Lipinski definition) is 3. The van der Waals surface area contributed by atoms with Crippen molar-refractivity contribution >= 4 is 6.03 Å². The highest BCUT2D eigenvalue weighted by molar-refractivity contribution is 5.73. The van der Waals surface area contributed by atoms with E-state index in [9.17, 15) is 4.79 Å². The zero-order valence-electron chi connectivity index (χ0n) is 10.4. The predicted octanol–water partition coefficient (Wildman–Crippen LogP) is 0.885. The van der Waals surface area contributed by atoms with Gasteiger partial charge in [0.2, 0.25) is 0 Å². The molecule has 100 valence electrons. The molecule has 0 fully saturated rings. The Labute approximate surface area is 107 Å². The third-order valence-corrected chi connectivity index (χ3v) is 2.26. The van der Waals surface area contributed by atoms with Crippen LogP contribution in [0.25, 0.3) is 0 Å². The minimum absolute atomic E-state index is 0.0838. The van der Waals surface area contributed by atoms with Crippen LogP contribution in [-0.4, -0.2) is 37.4 Å². The van der Waals surface area contributed by atoms with E-state index in [0.717, 1.165) is 5.56 Å². The van der Waals surface area contributed by atoms with E-state index in [2.05, 4.69) is 10.6 Å². The molecule has 5 nitrogen and oxygen atoms in total. The van der Waals surface area contributed by atoms with Crippen LogP contribution < -0.4 is 10.6 Å². The van der Waals surface area contributed by atoms with Crippen LogP contribution in [0.15, 0.2) is 30.3 Å². The molecule has 1 aromatic carbocycles. The first kappa shape index (κ1) is 14.5. The minimum Gasteiger partial charge on any atom is -0.396 e. The highest BCUT2D eigenvalue weighted by atomic mass is 16.5. The maximum atomic E-state index is 11.2. The number of benzene rings is 1. The van der Waals surface area contributed by atoms with Crippen molar-refractivity contribution in [2.45, 2.75) is 13.0 Å². The summed E-state index contributed by atoms with van der Waals surface area (Å²) in [5.41, 5.74) is 1.12. The molecule has 0 saturated carbocycles. The number of urea groups is 1. The Morgan fingerprint density at radius 3 is 2.61 bits per heavy atom. The lowest BCUT2D eigenvalue weighted by Gasteiger charge is -2.07. The van der Waals surface area contributed by atoms with Gasteiger partial charge in [-0.05, 0) is 12.0 Å². The number of amides is 2. The molecule has 1 aromatic rings. The van der Waals surface area contributed by atoms with Crippen LogP contribution in [0.4, 0.5) is 4.79 Å². The second-order valence-electron chi connectivity index (χ2n) is 3.80. The fourth-order valence-electron chi connectivity index (χ4n) is 1.34. The Morgan fingerprint density at radius 2 is 1.89 bits per heavy atom. The van der Waals surface area contributed by atoms with Gasteiger partial charge in [-0.25, -0.2) is 4.79 Å². The standard InChI is InChI=1S/C13H20N2O3/c16-9-4-7-14-13(17)15-8-10-18-11-12-5-2-1-3-6-12/h1-3,5-6,16H,4,7-11H2,(H2,14,15,17). The Morgan fingerprint density at radius 1 is 1.17 bits per heavy atom. The van der Waals surface area contributed by atoms with E-state index in [4.69, 9.17) is 9.84 Å². The molecule has 1 rings (SSSR count). The van der Waals surface area contributed by atoms with Crippen molar-refractivity contribution in [1.29, 1.82) is 0 Å². The van der Waals surface area contributed by atoms with E-state index in [1.54, 1.807) is 0 Å². The molecular formula is C13H20N2O3. The average molecular weight is 252 g/mol. The van der Waals surface area contributed by atoms with Crippen LogP contribution in [0.1, 0.15) is 12.0 Å². The molecule has 0 heterocycles. The zero-order chi connectivity index (χ0) is 13.1. The van der Waals surface area contributed by atoms with E-state index in [0.29, 0.717) is 32.7 Å². The van der Waals surface area contributed by atoms with Gasteiger partial charge in [0, 0.05) is 19.7 Å². The largest absolute Gasteiger partial charge is 0.396 e. The van der Waals surface area contributed by atoms with Gasteiger partial charge in [0.25, 0.3) is 0 Å². The van der Waals surface area contributed by atoms with Crippen LogP contribution >= 0.6 is 0 Å². The van der Waals surface area contributed by atoms with Crippen molar-refractivity contribution in [3.8, 4) is 0 Å². The second-order valence-corrected chi connectivity index (χ2v) is 3.80. The van der Waals surface area contributed by atoms with Crippen LogP contribution in [0.5, 0.6) is 0 Å². The summed E-state index contributed by atoms with van der Waals surface area (Å²) in [5.74, 6) is 0. The average Bonchev–Trinajstić information content (AvgIpc) is 2.40. The topological polar surface area (TPSA) is 70.6 Å². The molecule has 5 heteroatoms. The number of ether oxygens (including phenoxy) is 1. The zero-order valence-corrected chi connectivity index (χ0v) is 10.4. The van der Waals surface area contributed by atoms with Gasteiger partial charge < -0.3 is 20.5 Å². The van der Waals surface area contributed by atoms with Crippen molar-refractivity contribution in [2.75, 3.05) is 26.3 Å². The van der Waals surface area contributed by atoms with E-state index in [1.165, 1.54) is 0 Å². The minimum atomic E-state index is -0.230. The molecule has 0 bridgehead atoms. The summed E-state index contributed by atoms with van der Waals surface area (Å²) >= 11 is 0. The molecule has 3 N–H and O–H groups in total. The Kier molecular flexibility index (Phi) is 7.59. The van der Waals surface area contributed by atoms with Crippen molar-refractivity contribution in [3.63, 3.8) is 0 Å². The summed E-state index contributed by atoms with van der Waals surface area (Å²) < 4.78 is 5.41. The van der Waals surface area contributed by atoms with E-state index < -0.39 is 0 Å². The number of nitrogens with one attached hydrogen (secondary N) is 2. The normalized spacial score (nSPS) is 10.1. The monoisotopic (exact) mass is 252 g/mol. The number of carbonyl (C=O) groups is 1. The smallest absolute Gasteiger partial charge is 0.314 e. The van der Waals surface area contributed by atoms with Crippen molar-refractivity contribution < 1.29 is 14.6 Å². The molecule has 0 saturated heterocycles. The van der Waals surface area contributed by atoms with Gasteiger partial charge in [0.05, 0.1) is 13.2 Å². The molecule has 18 heavy (non-hydrogen) atoms. The van der Waals surface area contributed by atoms with E-state index in [1.807, 2.05) is 30.3 Å². The maximum Gasteiger partial charge on any atom is 0.314 e. The first-order valence-electron chi connectivity index (χ1n) is 6.07. The fourth-order valence-corrected chi connectivity index (χ4v) is 1.34. The number of aliphatic hydroxyl groups excluding tert-OH is 1. The number of carbonyl (C=O) groups excluding carboxylic acids is 1. The quantitative estimate of drug-likeness (QED) is 0.602. The fraction of sp³-hybridized carbons (Fsp3) is 0.462. The molecule has 2 amide bonds. The van der Waals surface area contributed by atoms with Crippen LogP contribution in [0, 0.1) is 0 Å². The summed E-state index contributed by atoms with van der Waals surface area (Å²) in [7, 11) is 0. The molecule has 0 spiro atoms. The summed E-state index contributed by atoms with van der Waals surface area (Å²) in [6, 6.07) is 9.65. The molecule has 0 atom stereocenters. The Hall–Kier alpha value is -1.59. The highest BCUT2D eigenvalue weighted by Crippen LogP contribution is 1.99. The first-order valence-corrected chi connectivity index (χ1v) is 6.07. The molecule has 0 aromatic heterocycles. The lowest BCUT2D eigenvalue weighted by Crippen LogP contribution is -2.37. The highest BCUT2D eigenvalue weighted by Gasteiger charge is 1.98. The van der Waals surface area contributed by atoms with Crippen LogP contribution in [-0.2, 0) is 11.3 Å². The van der Waals surface area contributed by atoms with Gasteiger partial charge in [-0.2, -0.15) is 0 Å². The third-order valence-electron chi connectivity index (χ3n) is 2.26. The van der Waals surface area contributed by atoms with Crippen LogP contribution in [0.2, 0.25) is 0 Å². The van der Waals surface area contributed by atoms with E-state index in [-0.39, 0.29) is 12.6 Å². The molecule has 0 unspecified atom stereocenters. The molecule has 0 aliphatic rings. The maximum absolute atomic E-state index is 11.2. The Balaban J connectivity index is 1.97. The van der Waals surface area contributed by atoms with Crippen LogP contribution in [0.3, 0.4) is 0 Å². The third kappa shape index (κ3) is 6.88. The van der Waals surface area contributed by atoms with Gasteiger partial charge in [-0.1, -0.05) is 30.3 Å². The number of rotatable bonds is 8. The van der Waals surface area contributed by atoms with Crippen molar-refractivity contribution in [3.05, 3.63) is 35.9 Å². The molecule has 0 radical (unpaired) electrons.